The SMILES string of the molecule is CCn1nc(C)c(Cl)c1CC1(C(=O)O)CC2CCC1O2. The normalized spacial score (nSPS) is 31.9. The Balaban J connectivity index is 1.98. The van der Waals surface area contributed by atoms with Gasteiger partial charge in [0.1, 0.15) is 5.41 Å². The highest BCUT2D eigenvalue weighted by atomic mass is 35.5. The van der Waals surface area contributed by atoms with E-state index in [1.165, 1.54) is 0 Å². The highest BCUT2D eigenvalue weighted by Gasteiger charge is 2.57. The first-order chi connectivity index (χ1) is 9.48. The fraction of sp³-hybridized carbons (Fsp3) is 0.714. The Hall–Kier alpha value is -1.07. The summed E-state index contributed by atoms with van der Waals surface area (Å²) in [5, 5.41) is 14.7. The molecule has 0 spiro atoms. The van der Waals surface area contributed by atoms with E-state index in [2.05, 4.69) is 5.10 Å². The maximum atomic E-state index is 11.9. The summed E-state index contributed by atoms with van der Waals surface area (Å²) < 4.78 is 7.60. The highest BCUT2D eigenvalue weighted by molar-refractivity contribution is 6.31. The summed E-state index contributed by atoms with van der Waals surface area (Å²) in [6.07, 6.45) is 2.68. The number of aromatic nitrogens is 2. The molecule has 3 atom stereocenters. The first-order valence-electron chi connectivity index (χ1n) is 7.08. The predicted molar refractivity (Wildman–Crippen MR) is 73.9 cm³/mol. The molecule has 2 aliphatic rings. The van der Waals surface area contributed by atoms with Gasteiger partial charge in [-0.05, 0) is 33.1 Å². The van der Waals surface area contributed by atoms with Crippen molar-refractivity contribution in [2.24, 2.45) is 5.41 Å². The van der Waals surface area contributed by atoms with Crippen molar-refractivity contribution in [1.82, 2.24) is 9.78 Å². The maximum Gasteiger partial charge on any atom is 0.312 e. The van der Waals surface area contributed by atoms with Crippen LogP contribution in [0.25, 0.3) is 0 Å². The molecule has 6 heteroatoms. The van der Waals surface area contributed by atoms with E-state index < -0.39 is 11.4 Å². The Morgan fingerprint density at radius 3 is 2.85 bits per heavy atom. The monoisotopic (exact) mass is 298 g/mol. The molecule has 0 amide bonds. The molecule has 3 rings (SSSR count). The number of nitrogens with zero attached hydrogens (tertiary/aromatic N) is 2. The minimum Gasteiger partial charge on any atom is -0.481 e. The lowest BCUT2D eigenvalue weighted by molar-refractivity contribution is -0.152. The molecular weight excluding hydrogens is 280 g/mol. The van der Waals surface area contributed by atoms with E-state index in [0.717, 1.165) is 24.2 Å². The van der Waals surface area contributed by atoms with Crippen molar-refractivity contribution in [2.45, 2.75) is 58.3 Å². The van der Waals surface area contributed by atoms with E-state index in [1.54, 1.807) is 0 Å². The van der Waals surface area contributed by atoms with Crippen molar-refractivity contribution in [1.29, 1.82) is 0 Å². The van der Waals surface area contributed by atoms with Gasteiger partial charge in [-0.15, -0.1) is 0 Å². The third-order valence-electron chi connectivity index (χ3n) is 4.68. The molecule has 1 aromatic rings. The number of carboxylic acid groups (broad SMARTS) is 1. The van der Waals surface area contributed by atoms with E-state index in [-0.39, 0.29) is 12.2 Å². The standard InChI is InChI=1S/C14H19ClN2O3/c1-3-17-10(12(15)8(2)16-17)7-14(13(18)19)6-9-4-5-11(14)20-9/h9,11H,3-7H2,1-2H3,(H,18,19). The van der Waals surface area contributed by atoms with Gasteiger partial charge in [0.15, 0.2) is 0 Å². The zero-order valence-electron chi connectivity index (χ0n) is 11.7. The molecule has 20 heavy (non-hydrogen) atoms. The number of hydrogen-bond donors (Lipinski definition) is 1. The smallest absolute Gasteiger partial charge is 0.312 e. The summed E-state index contributed by atoms with van der Waals surface area (Å²) in [4.78, 5) is 11.9. The minimum atomic E-state index is -0.841. The number of carbonyl (C=O) groups is 1. The van der Waals surface area contributed by atoms with E-state index in [4.69, 9.17) is 16.3 Å². The minimum absolute atomic E-state index is 0.0916. The molecule has 2 fully saturated rings. The Morgan fingerprint density at radius 1 is 1.60 bits per heavy atom. The number of hydrogen-bond acceptors (Lipinski definition) is 3. The molecule has 3 heterocycles. The van der Waals surface area contributed by atoms with Crippen molar-refractivity contribution in [3.63, 3.8) is 0 Å². The van der Waals surface area contributed by atoms with Crippen LogP contribution < -0.4 is 0 Å². The molecule has 3 unspecified atom stereocenters. The third-order valence-corrected chi connectivity index (χ3v) is 5.17. The first kappa shape index (κ1) is 13.9. The molecule has 1 aromatic heterocycles. The Kier molecular flexibility index (Phi) is 3.29. The molecule has 0 radical (unpaired) electrons. The van der Waals surface area contributed by atoms with Crippen LogP contribution in [0.3, 0.4) is 0 Å². The second kappa shape index (κ2) is 4.74. The molecule has 5 nitrogen and oxygen atoms in total. The molecule has 2 bridgehead atoms. The zero-order chi connectivity index (χ0) is 14.5. The van der Waals surface area contributed by atoms with Gasteiger partial charge in [0, 0.05) is 13.0 Å². The van der Waals surface area contributed by atoms with Crippen LogP contribution in [0.1, 0.15) is 37.6 Å². The molecule has 0 aliphatic carbocycles. The van der Waals surface area contributed by atoms with Crippen LogP contribution in [-0.2, 0) is 22.5 Å². The van der Waals surface area contributed by atoms with Crippen LogP contribution >= 0.6 is 11.6 Å². The van der Waals surface area contributed by atoms with Crippen molar-refractivity contribution in [2.75, 3.05) is 0 Å². The molecular formula is C14H19ClN2O3. The van der Waals surface area contributed by atoms with Gasteiger partial charge in [0.25, 0.3) is 0 Å². The summed E-state index contributed by atoms with van der Waals surface area (Å²) in [6.45, 7) is 4.52. The van der Waals surface area contributed by atoms with Gasteiger partial charge in [-0.1, -0.05) is 11.6 Å². The average molecular weight is 299 g/mol. The summed E-state index contributed by atoms with van der Waals surface area (Å²) >= 11 is 6.32. The number of ether oxygens (including phenoxy) is 1. The second-order valence-electron chi connectivity index (χ2n) is 5.83. The van der Waals surface area contributed by atoms with E-state index >= 15 is 0 Å². The van der Waals surface area contributed by atoms with Crippen LogP contribution in [-0.4, -0.2) is 33.1 Å². The number of aryl methyl sites for hydroxylation is 2. The van der Waals surface area contributed by atoms with E-state index in [9.17, 15) is 9.90 Å². The maximum absolute atomic E-state index is 11.9. The zero-order valence-corrected chi connectivity index (χ0v) is 12.5. The van der Waals surface area contributed by atoms with Crippen molar-refractivity contribution in [3.8, 4) is 0 Å². The summed E-state index contributed by atoms with van der Waals surface area (Å²) in [6, 6.07) is 0. The largest absolute Gasteiger partial charge is 0.481 e. The molecule has 1 N–H and O–H groups in total. The molecule has 110 valence electrons. The van der Waals surface area contributed by atoms with Gasteiger partial charge in [-0.2, -0.15) is 5.10 Å². The van der Waals surface area contributed by atoms with Crippen molar-refractivity contribution < 1.29 is 14.6 Å². The number of halogens is 1. The average Bonchev–Trinajstić information content (AvgIpc) is 3.08. The Bertz CT molecular complexity index is 557. The van der Waals surface area contributed by atoms with Gasteiger partial charge in [-0.3, -0.25) is 9.48 Å². The van der Waals surface area contributed by atoms with Gasteiger partial charge in [0.05, 0.1) is 28.6 Å². The Morgan fingerprint density at radius 2 is 2.35 bits per heavy atom. The fourth-order valence-corrected chi connectivity index (χ4v) is 3.83. The van der Waals surface area contributed by atoms with Crippen LogP contribution in [0.4, 0.5) is 0 Å². The molecule has 2 saturated heterocycles. The fourth-order valence-electron chi connectivity index (χ4n) is 3.62. The van der Waals surface area contributed by atoms with E-state index in [0.29, 0.717) is 24.4 Å². The van der Waals surface area contributed by atoms with Crippen molar-refractivity contribution >= 4 is 17.6 Å². The van der Waals surface area contributed by atoms with Gasteiger partial charge in [0.2, 0.25) is 0 Å². The third kappa shape index (κ3) is 1.87. The second-order valence-corrected chi connectivity index (χ2v) is 6.21. The number of rotatable bonds is 4. The quantitative estimate of drug-likeness (QED) is 0.927. The van der Waals surface area contributed by atoms with E-state index in [1.807, 2.05) is 18.5 Å². The molecule has 0 saturated carbocycles. The number of aliphatic carboxylic acids is 1. The van der Waals surface area contributed by atoms with Crippen LogP contribution in [0.15, 0.2) is 0 Å². The predicted octanol–water partition coefficient (Wildman–Crippen LogP) is 2.43. The van der Waals surface area contributed by atoms with Crippen molar-refractivity contribution in [3.05, 3.63) is 16.4 Å². The van der Waals surface area contributed by atoms with Crippen LogP contribution in [0, 0.1) is 12.3 Å². The lowest BCUT2D eigenvalue weighted by Gasteiger charge is -2.31. The summed E-state index contributed by atoms with van der Waals surface area (Å²) in [5.74, 6) is -0.776. The van der Waals surface area contributed by atoms with Gasteiger partial charge >= 0.3 is 5.97 Å². The number of fused-ring (bicyclic) bond motifs is 2. The lowest BCUT2D eigenvalue weighted by atomic mass is 9.71. The van der Waals surface area contributed by atoms with Crippen LogP contribution in [0.2, 0.25) is 5.02 Å². The highest BCUT2D eigenvalue weighted by Crippen LogP contribution is 2.50. The topological polar surface area (TPSA) is 64.4 Å². The molecule has 2 aliphatic heterocycles. The van der Waals surface area contributed by atoms with Crippen LogP contribution in [0.5, 0.6) is 0 Å². The number of carboxylic acids is 1. The molecule has 0 aromatic carbocycles. The van der Waals surface area contributed by atoms with Gasteiger partial charge in [-0.25, -0.2) is 0 Å². The lowest BCUT2D eigenvalue weighted by Crippen LogP contribution is -2.42. The summed E-state index contributed by atoms with van der Waals surface area (Å²) in [7, 11) is 0. The summed E-state index contributed by atoms with van der Waals surface area (Å²) in [5.41, 5.74) is 0.740. The van der Waals surface area contributed by atoms with Gasteiger partial charge < -0.3 is 9.84 Å². The first-order valence-corrected chi connectivity index (χ1v) is 7.46. The Labute approximate surface area is 122 Å².